The molecule has 3 rings (SSSR count). The van der Waals surface area contributed by atoms with Crippen molar-refractivity contribution in [1.82, 2.24) is 0 Å². The Balaban J connectivity index is 2.24. The number of amides is 1. The summed E-state index contributed by atoms with van der Waals surface area (Å²) in [6, 6.07) is 10.4. The fourth-order valence-corrected chi connectivity index (χ4v) is 3.30. The van der Waals surface area contributed by atoms with E-state index in [1.54, 1.807) is 38.1 Å². The van der Waals surface area contributed by atoms with Crippen LogP contribution in [0.5, 0.6) is 0 Å². The lowest BCUT2D eigenvalue weighted by Gasteiger charge is -2.28. The predicted octanol–water partition coefficient (Wildman–Crippen LogP) is 4.57. The maximum absolute atomic E-state index is 14.6. The fraction of sp³-hybridized carbons (Fsp3) is 0.273. The minimum Gasteiger partial charge on any atom is -0.503 e. The number of nitrogens with zero attached hydrogens (tertiary/aromatic N) is 1. The average molecular weight is 367 g/mol. The molecular formula is C22H22FNO3. The Morgan fingerprint density at radius 2 is 1.78 bits per heavy atom. The number of rotatable bonds is 4. The van der Waals surface area contributed by atoms with Gasteiger partial charge < -0.3 is 5.11 Å². The number of hydrogen-bond acceptors (Lipinski definition) is 3. The third kappa shape index (κ3) is 3.14. The molecule has 0 spiro atoms. The summed E-state index contributed by atoms with van der Waals surface area (Å²) in [7, 11) is 0. The van der Waals surface area contributed by atoms with Crippen molar-refractivity contribution in [2.24, 2.45) is 5.92 Å². The number of aliphatic hydroxyl groups excluding tert-OH is 1. The number of Topliss-reactive ketones (excluding diaryl/α,β-unsaturated/α-hetero) is 1. The van der Waals surface area contributed by atoms with Gasteiger partial charge in [-0.25, -0.2) is 4.39 Å². The van der Waals surface area contributed by atoms with E-state index in [0.29, 0.717) is 5.69 Å². The molecule has 27 heavy (non-hydrogen) atoms. The van der Waals surface area contributed by atoms with Crippen molar-refractivity contribution < 1.29 is 19.1 Å². The van der Waals surface area contributed by atoms with Crippen LogP contribution in [0.25, 0.3) is 0 Å². The number of aryl methyl sites for hydroxylation is 2. The first-order chi connectivity index (χ1) is 12.7. The van der Waals surface area contributed by atoms with Crippen LogP contribution >= 0.6 is 0 Å². The van der Waals surface area contributed by atoms with Crippen LogP contribution < -0.4 is 4.90 Å². The summed E-state index contributed by atoms with van der Waals surface area (Å²) in [4.78, 5) is 27.0. The number of hydrogen-bond donors (Lipinski definition) is 1. The molecule has 1 N–H and O–H groups in total. The second kappa shape index (κ2) is 6.99. The SMILES string of the molecule is Cc1ccc(N2C(=O)C(O)=C(C(=O)C(C)C)C2c2ccccc2F)cc1C. The number of benzene rings is 2. The van der Waals surface area contributed by atoms with Crippen molar-refractivity contribution in [3.63, 3.8) is 0 Å². The summed E-state index contributed by atoms with van der Waals surface area (Å²) in [5, 5.41) is 10.5. The van der Waals surface area contributed by atoms with Gasteiger partial charge in [0, 0.05) is 17.2 Å². The summed E-state index contributed by atoms with van der Waals surface area (Å²) in [5.74, 6) is -2.66. The molecule has 0 aliphatic carbocycles. The molecule has 1 heterocycles. The van der Waals surface area contributed by atoms with Crippen molar-refractivity contribution in [3.8, 4) is 0 Å². The van der Waals surface area contributed by atoms with E-state index >= 15 is 0 Å². The van der Waals surface area contributed by atoms with Gasteiger partial charge >= 0.3 is 0 Å². The van der Waals surface area contributed by atoms with Crippen LogP contribution in [0, 0.1) is 25.6 Å². The first kappa shape index (κ1) is 18.8. The fourth-order valence-electron chi connectivity index (χ4n) is 3.30. The molecule has 2 aromatic rings. The minimum absolute atomic E-state index is 0.0571. The molecule has 1 aliphatic rings. The first-order valence-electron chi connectivity index (χ1n) is 8.86. The highest BCUT2D eigenvalue weighted by atomic mass is 19.1. The monoisotopic (exact) mass is 367 g/mol. The quantitative estimate of drug-likeness (QED) is 0.861. The number of aliphatic hydroxyl groups is 1. The molecule has 0 saturated heterocycles. The Labute approximate surface area is 157 Å². The van der Waals surface area contributed by atoms with Crippen molar-refractivity contribution in [1.29, 1.82) is 0 Å². The van der Waals surface area contributed by atoms with E-state index in [2.05, 4.69) is 0 Å². The van der Waals surface area contributed by atoms with Crippen LogP contribution in [-0.4, -0.2) is 16.8 Å². The number of anilines is 1. The smallest absolute Gasteiger partial charge is 0.294 e. The number of carbonyl (C=O) groups is 2. The van der Waals surface area contributed by atoms with Gasteiger partial charge in [0.2, 0.25) is 0 Å². The standard InChI is InChI=1S/C22H22FNO3/c1-12(2)20(25)18-19(16-7-5-6-8-17(16)23)24(22(27)21(18)26)15-10-9-13(3)14(4)11-15/h5-12,19,26H,1-4H3. The second-order valence-electron chi connectivity index (χ2n) is 7.15. The Hall–Kier alpha value is -2.95. The Morgan fingerprint density at radius 3 is 2.37 bits per heavy atom. The second-order valence-corrected chi connectivity index (χ2v) is 7.15. The maximum atomic E-state index is 14.6. The maximum Gasteiger partial charge on any atom is 0.294 e. The van der Waals surface area contributed by atoms with Gasteiger partial charge in [0.05, 0.1) is 11.6 Å². The summed E-state index contributed by atoms with van der Waals surface area (Å²) >= 11 is 0. The van der Waals surface area contributed by atoms with Gasteiger partial charge in [-0.3, -0.25) is 14.5 Å². The third-order valence-corrected chi connectivity index (χ3v) is 4.97. The van der Waals surface area contributed by atoms with E-state index < -0.39 is 29.4 Å². The van der Waals surface area contributed by atoms with Crippen molar-refractivity contribution >= 4 is 17.4 Å². The highest BCUT2D eigenvalue weighted by Crippen LogP contribution is 2.42. The lowest BCUT2D eigenvalue weighted by atomic mass is 9.91. The van der Waals surface area contributed by atoms with E-state index in [4.69, 9.17) is 0 Å². The number of ketones is 1. The highest BCUT2D eigenvalue weighted by Gasteiger charge is 2.45. The van der Waals surface area contributed by atoms with E-state index in [9.17, 15) is 19.1 Å². The summed E-state index contributed by atoms with van der Waals surface area (Å²) < 4.78 is 14.6. The Bertz CT molecular complexity index is 962. The molecule has 0 saturated carbocycles. The Kier molecular flexibility index (Phi) is 4.87. The number of carbonyl (C=O) groups excluding carboxylic acids is 2. The van der Waals surface area contributed by atoms with Crippen molar-refractivity contribution in [2.45, 2.75) is 33.7 Å². The third-order valence-electron chi connectivity index (χ3n) is 4.97. The molecule has 5 heteroatoms. The van der Waals surface area contributed by atoms with Gasteiger partial charge in [0.25, 0.3) is 5.91 Å². The largest absolute Gasteiger partial charge is 0.503 e. The van der Waals surface area contributed by atoms with Gasteiger partial charge in [0.1, 0.15) is 5.82 Å². The van der Waals surface area contributed by atoms with Gasteiger partial charge in [-0.1, -0.05) is 38.1 Å². The van der Waals surface area contributed by atoms with Gasteiger partial charge in [-0.15, -0.1) is 0 Å². The molecule has 4 nitrogen and oxygen atoms in total. The topological polar surface area (TPSA) is 57.6 Å². The molecule has 1 atom stereocenters. The summed E-state index contributed by atoms with van der Waals surface area (Å²) in [5.41, 5.74) is 2.63. The van der Waals surface area contributed by atoms with Crippen LogP contribution in [0.15, 0.2) is 53.8 Å². The lowest BCUT2D eigenvalue weighted by molar-refractivity contribution is -0.119. The first-order valence-corrected chi connectivity index (χ1v) is 8.86. The van der Waals surface area contributed by atoms with Gasteiger partial charge in [0.15, 0.2) is 11.5 Å². The predicted molar refractivity (Wildman–Crippen MR) is 102 cm³/mol. The van der Waals surface area contributed by atoms with Crippen LogP contribution in [0.3, 0.4) is 0 Å². The van der Waals surface area contributed by atoms with Crippen molar-refractivity contribution in [3.05, 3.63) is 76.3 Å². The Morgan fingerprint density at radius 1 is 1.11 bits per heavy atom. The molecule has 0 bridgehead atoms. The zero-order valence-electron chi connectivity index (χ0n) is 15.8. The molecule has 140 valence electrons. The zero-order chi connectivity index (χ0) is 19.9. The summed E-state index contributed by atoms with van der Waals surface area (Å²) in [6.07, 6.45) is 0. The van der Waals surface area contributed by atoms with E-state index in [1.807, 2.05) is 19.9 Å². The highest BCUT2D eigenvalue weighted by molar-refractivity contribution is 6.16. The molecular weight excluding hydrogens is 345 g/mol. The average Bonchev–Trinajstić information content (AvgIpc) is 2.88. The minimum atomic E-state index is -1.00. The van der Waals surface area contributed by atoms with Gasteiger partial charge in [-0.05, 0) is 43.2 Å². The van der Waals surface area contributed by atoms with E-state index in [-0.39, 0.29) is 16.9 Å². The van der Waals surface area contributed by atoms with Gasteiger partial charge in [-0.2, -0.15) is 0 Å². The summed E-state index contributed by atoms with van der Waals surface area (Å²) in [6.45, 7) is 7.22. The van der Waals surface area contributed by atoms with E-state index in [0.717, 1.165) is 11.1 Å². The molecule has 1 aliphatic heterocycles. The lowest BCUT2D eigenvalue weighted by Crippen LogP contribution is -2.32. The molecule has 0 radical (unpaired) electrons. The molecule has 0 fully saturated rings. The van der Waals surface area contributed by atoms with Crippen molar-refractivity contribution in [2.75, 3.05) is 4.90 Å². The van der Waals surface area contributed by atoms with Crippen LogP contribution in [-0.2, 0) is 9.59 Å². The zero-order valence-corrected chi connectivity index (χ0v) is 15.8. The van der Waals surface area contributed by atoms with E-state index in [1.165, 1.54) is 17.0 Å². The molecule has 2 aromatic carbocycles. The molecule has 1 amide bonds. The van der Waals surface area contributed by atoms with Crippen LogP contribution in [0.1, 0.15) is 36.6 Å². The molecule has 0 aromatic heterocycles. The normalized spacial score (nSPS) is 17.2. The molecule has 1 unspecified atom stereocenters. The van der Waals surface area contributed by atoms with Crippen LogP contribution in [0.4, 0.5) is 10.1 Å². The number of halogens is 1. The van der Waals surface area contributed by atoms with Crippen LogP contribution in [0.2, 0.25) is 0 Å².